The molecule has 4 aliphatic rings. The first kappa shape index (κ1) is 17.7. The van der Waals surface area contributed by atoms with E-state index in [9.17, 15) is 9.90 Å². The van der Waals surface area contributed by atoms with Gasteiger partial charge in [0.1, 0.15) is 5.75 Å². The summed E-state index contributed by atoms with van der Waals surface area (Å²) in [7, 11) is 0. The smallest absolute Gasteiger partial charge is 0.223 e. The van der Waals surface area contributed by atoms with Crippen molar-refractivity contribution in [2.75, 3.05) is 26.2 Å². The van der Waals surface area contributed by atoms with E-state index in [2.05, 4.69) is 34.1 Å². The van der Waals surface area contributed by atoms with E-state index in [1.165, 1.54) is 37.1 Å². The fraction of sp³-hybridized carbons (Fsp3) is 0.458. The highest BCUT2D eigenvalue weighted by Gasteiger charge is 2.38. The number of benzene rings is 2. The van der Waals surface area contributed by atoms with Crippen LogP contribution in [0.5, 0.6) is 5.75 Å². The summed E-state index contributed by atoms with van der Waals surface area (Å²) >= 11 is 0. The van der Waals surface area contributed by atoms with Gasteiger partial charge < -0.3 is 14.9 Å². The van der Waals surface area contributed by atoms with E-state index in [1.54, 1.807) is 12.1 Å². The van der Waals surface area contributed by atoms with E-state index in [0.717, 1.165) is 31.0 Å². The zero-order chi connectivity index (χ0) is 19.1. The molecule has 3 fully saturated rings. The predicted octanol–water partition coefficient (Wildman–Crippen LogP) is 3.60. The van der Waals surface area contributed by atoms with Crippen molar-refractivity contribution in [3.8, 4) is 5.75 Å². The lowest BCUT2D eigenvalue weighted by atomic mass is 9.77. The number of amides is 1. The first-order valence-corrected chi connectivity index (χ1v) is 10.6. The van der Waals surface area contributed by atoms with Crippen LogP contribution >= 0.6 is 0 Å². The number of hydrogen-bond acceptors (Lipinski definition) is 3. The van der Waals surface area contributed by atoms with Gasteiger partial charge in [-0.3, -0.25) is 4.79 Å². The number of nitrogens with zero attached hydrogens (tertiary/aromatic N) is 2. The number of phenolic OH excluding ortho intramolecular Hbond substituents is 1. The van der Waals surface area contributed by atoms with E-state index in [-0.39, 0.29) is 17.7 Å². The zero-order valence-electron chi connectivity index (χ0n) is 16.3. The molecule has 4 heterocycles. The van der Waals surface area contributed by atoms with E-state index in [0.29, 0.717) is 12.3 Å². The Labute approximate surface area is 166 Å². The second kappa shape index (κ2) is 7.25. The first-order chi connectivity index (χ1) is 13.7. The van der Waals surface area contributed by atoms with Crippen LogP contribution in [0.25, 0.3) is 0 Å². The Kier molecular flexibility index (Phi) is 4.59. The molecule has 0 radical (unpaired) electrons. The second-order valence-electron chi connectivity index (χ2n) is 8.63. The average molecular weight is 377 g/mol. The quantitative estimate of drug-likeness (QED) is 0.890. The zero-order valence-corrected chi connectivity index (χ0v) is 16.3. The van der Waals surface area contributed by atoms with Gasteiger partial charge in [0, 0.05) is 19.5 Å². The van der Waals surface area contributed by atoms with Gasteiger partial charge in [0.15, 0.2) is 0 Å². The molecule has 146 valence electrons. The minimum absolute atomic E-state index is 0.0564. The van der Waals surface area contributed by atoms with E-state index in [1.807, 2.05) is 12.1 Å². The maximum absolute atomic E-state index is 13.5. The molecule has 0 aliphatic carbocycles. The molecule has 2 aromatic rings. The summed E-state index contributed by atoms with van der Waals surface area (Å²) in [5.74, 6) is 1.77. The standard InChI is InChI=1S/C24H28N2O2/c27-21-7-5-19(6-8-21)24-22-4-2-1-3-18(22)11-14-26(24)23(28)15-20-16-25-12-9-17(20)10-13-25/h1-8,17,20,24,27H,9-16H2/t20-,24+/m1/s1. The number of hydrogen-bond donors (Lipinski definition) is 1. The van der Waals surface area contributed by atoms with Gasteiger partial charge >= 0.3 is 0 Å². The minimum atomic E-state index is -0.0564. The van der Waals surface area contributed by atoms with Crippen LogP contribution in [0, 0.1) is 11.8 Å². The van der Waals surface area contributed by atoms with Crippen LogP contribution in [0.15, 0.2) is 48.5 Å². The number of rotatable bonds is 3. The molecule has 0 saturated carbocycles. The van der Waals surface area contributed by atoms with E-state index in [4.69, 9.17) is 0 Å². The maximum atomic E-state index is 13.5. The molecule has 0 spiro atoms. The average Bonchev–Trinajstić information content (AvgIpc) is 2.74. The number of fused-ring (bicyclic) bond motifs is 4. The van der Waals surface area contributed by atoms with Crippen molar-refractivity contribution < 1.29 is 9.90 Å². The van der Waals surface area contributed by atoms with Crippen LogP contribution in [0.4, 0.5) is 0 Å². The molecule has 2 atom stereocenters. The lowest BCUT2D eigenvalue weighted by molar-refractivity contribution is -0.136. The van der Waals surface area contributed by atoms with Crippen LogP contribution in [0.2, 0.25) is 0 Å². The van der Waals surface area contributed by atoms with Crippen molar-refractivity contribution in [3.05, 3.63) is 65.2 Å². The van der Waals surface area contributed by atoms with Crippen LogP contribution in [0.3, 0.4) is 0 Å². The third-order valence-corrected chi connectivity index (χ3v) is 7.04. The van der Waals surface area contributed by atoms with Crippen molar-refractivity contribution >= 4 is 5.91 Å². The summed E-state index contributed by atoms with van der Waals surface area (Å²) in [6.45, 7) is 4.28. The maximum Gasteiger partial charge on any atom is 0.223 e. The number of carbonyl (C=O) groups is 1. The Morgan fingerprint density at radius 1 is 1.00 bits per heavy atom. The molecule has 0 aromatic heterocycles. The molecule has 2 aromatic carbocycles. The largest absolute Gasteiger partial charge is 0.508 e. The fourth-order valence-corrected chi connectivity index (χ4v) is 5.51. The summed E-state index contributed by atoms with van der Waals surface area (Å²) in [6, 6.07) is 15.8. The molecule has 4 nitrogen and oxygen atoms in total. The van der Waals surface area contributed by atoms with Gasteiger partial charge in [0.05, 0.1) is 6.04 Å². The normalized spacial score (nSPS) is 28.8. The summed E-state index contributed by atoms with van der Waals surface area (Å²) in [4.78, 5) is 18.1. The Hall–Kier alpha value is -2.33. The second-order valence-corrected chi connectivity index (χ2v) is 8.63. The molecule has 2 bridgehead atoms. The van der Waals surface area contributed by atoms with Crippen LogP contribution in [-0.4, -0.2) is 47.0 Å². The first-order valence-electron chi connectivity index (χ1n) is 10.6. The van der Waals surface area contributed by atoms with Crippen molar-refractivity contribution in [3.63, 3.8) is 0 Å². The molecule has 3 saturated heterocycles. The highest BCUT2D eigenvalue weighted by atomic mass is 16.3. The van der Waals surface area contributed by atoms with Crippen molar-refractivity contribution in [2.24, 2.45) is 11.8 Å². The summed E-state index contributed by atoms with van der Waals surface area (Å²) in [5.41, 5.74) is 3.63. The van der Waals surface area contributed by atoms with Gasteiger partial charge in [0.25, 0.3) is 0 Å². The number of carbonyl (C=O) groups excluding carboxylic acids is 1. The minimum Gasteiger partial charge on any atom is -0.508 e. The molecular formula is C24H28N2O2. The van der Waals surface area contributed by atoms with Crippen molar-refractivity contribution in [1.29, 1.82) is 0 Å². The molecular weight excluding hydrogens is 348 g/mol. The summed E-state index contributed by atoms with van der Waals surface area (Å²) in [6.07, 6.45) is 4.08. The molecule has 28 heavy (non-hydrogen) atoms. The molecule has 6 rings (SSSR count). The van der Waals surface area contributed by atoms with Crippen molar-refractivity contribution in [1.82, 2.24) is 9.80 Å². The highest BCUT2D eigenvalue weighted by molar-refractivity contribution is 5.78. The lowest BCUT2D eigenvalue weighted by Gasteiger charge is -2.46. The Morgan fingerprint density at radius 2 is 1.75 bits per heavy atom. The third kappa shape index (κ3) is 3.20. The molecule has 4 aliphatic heterocycles. The van der Waals surface area contributed by atoms with Gasteiger partial charge in [-0.2, -0.15) is 0 Å². The van der Waals surface area contributed by atoms with E-state index < -0.39 is 0 Å². The third-order valence-electron chi connectivity index (χ3n) is 7.04. The van der Waals surface area contributed by atoms with Crippen LogP contribution < -0.4 is 0 Å². The number of phenols is 1. The number of piperidine rings is 3. The van der Waals surface area contributed by atoms with Gasteiger partial charge in [-0.15, -0.1) is 0 Å². The Morgan fingerprint density at radius 3 is 2.46 bits per heavy atom. The van der Waals surface area contributed by atoms with Crippen molar-refractivity contribution in [2.45, 2.75) is 31.7 Å². The lowest BCUT2D eigenvalue weighted by Crippen LogP contribution is -2.49. The van der Waals surface area contributed by atoms with Gasteiger partial charge in [0.2, 0.25) is 5.91 Å². The summed E-state index contributed by atoms with van der Waals surface area (Å²) < 4.78 is 0. The topological polar surface area (TPSA) is 43.8 Å². The predicted molar refractivity (Wildman–Crippen MR) is 109 cm³/mol. The molecule has 4 heteroatoms. The SMILES string of the molecule is O=C(C[C@@H]1CN2CCC1CC2)N1CCc2ccccc2[C@@H]1c1ccc(O)cc1. The van der Waals surface area contributed by atoms with Crippen LogP contribution in [0.1, 0.15) is 42.0 Å². The van der Waals surface area contributed by atoms with Crippen LogP contribution in [-0.2, 0) is 11.2 Å². The van der Waals surface area contributed by atoms with E-state index >= 15 is 0 Å². The Balaban J connectivity index is 1.43. The fourth-order valence-electron chi connectivity index (χ4n) is 5.51. The van der Waals surface area contributed by atoms with Gasteiger partial charge in [-0.25, -0.2) is 0 Å². The summed E-state index contributed by atoms with van der Waals surface area (Å²) in [5, 5.41) is 9.72. The Bertz CT molecular complexity index is 855. The highest BCUT2D eigenvalue weighted by Crippen LogP contribution is 2.39. The monoisotopic (exact) mass is 376 g/mol. The molecule has 0 unspecified atom stereocenters. The number of aromatic hydroxyl groups is 1. The van der Waals surface area contributed by atoms with Gasteiger partial charge in [-0.05, 0) is 73.0 Å². The molecule has 1 amide bonds. The molecule has 1 N–H and O–H groups in total. The van der Waals surface area contributed by atoms with Gasteiger partial charge in [-0.1, -0.05) is 36.4 Å².